The van der Waals surface area contributed by atoms with E-state index in [0.29, 0.717) is 47.8 Å². The first-order valence-corrected chi connectivity index (χ1v) is 13.7. The van der Waals surface area contributed by atoms with Crippen LogP contribution < -0.4 is 14.8 Å². The van der Waals surface area contributed by atoms with Gasteiger partial charge in [-0.2, -0.15) is 0 Å². The number of carbonyl (C=O) groups is 2. The van der Waals surface area contributed by atoms with Gasteiger partial charge in [-0.1, -0.05) is 12.1 Å². The molecule has 3 aromatic carbocycles. The van der Waals surface area contributed by atoms with Gasteiger partial charge >= 0.3 is 5.97 Å². The summed E-state index contributed by atoms with van der Waals surface area (Å²) in [6.45, 7) is 5.57. The lowest BCUT2D eigenvalue weighted by Crippen LogP contribution is -2.38. The predicted molar refractivity (Wildman–Crippen MR) is 147 cm³/mol. The molecule has 0 saturated heterocycles. The molecule has 7 nitrogen and oxygen atoms in total. The molecule has 0 radical (unpaired) electrons. The molecular weight excluding hydrogens is 513 g/mol. The number of amides is 1. The summed E-state index contributed by atoms with van der Waals surface area (Å²) in [6.07, 6.45) is 1.56. The normalized spacial score (nSPS) is 19.5. The first kappa shape index (κ1) is 27.6. The minimum atomic E-state index is -1.00. The van der Waals surface area contributed by atoms with Crippen LogP contribution in [0.15, 0.2) is 60.7 Å². The minimum Gasteiger partial charge on any atom is -0.486 e. The standard InChI is InChI=1S/C32H34FNO6/c1-4-38-31(36)25-17-24(25)19-5-9-22(10-6-19)40-28-15-13-23-27(16-14-26(33)29(23)28)39-21-11-7-20(8-12-21)30(35)34-18-32(2,3)37/h5-12,14,16,24-25,28,37H,4,13,15,17-18H2,1-3H3,(H,34,35)/t24-,25+,28-/m1/s1. The van der Waals surface area contributed by atoms with E-state index in [2.05, 4.69) is 5.32 Å². The zero-order valence-electron chi connectivity index (χ0n) is 22.9. The number of ether oxygens (including phenoxy) is 3. The van der Waals surface area contributed by atoms with Crippen LogP contribution in [0.1, 0.15) is 72.7 Å². The third kappa shape index (κ3) is 6.28. The fourth-order valence-electron chi connectivity index (χ4n) is 5.09. The number of esters is 1. The van der Waals surface area contributed by atoms with Crippen molar-refractivity contribution in [2.75, 3.05) is 13.2 Å². The maximum atomic E-state index is 15.0. The zero-order valence-corrected chi connectivity index (χ0v) is 22.9. The van der Waals surface area contributed by atoms with Crippen LogP contribution in [0.4, 0.5) is 4.39 Å². The van der Waals surface area contributed by atoms with Crippen LogP contribution in [-0.4, -0.2) is 35.7 Å². The number of hydrogen-bond acceptors (Lipinski definition) is 6. The number of nitrogens with one attached hydrogen (secondary N) is 1. The summed E-state index contributed by atoms with van der Waals surface area (Å²) < 4.78 is 32.4. The van der Waals surface area contributed by atoms with Crippen LogP contribution in [0.25, 0.3) is 0 Å². The zero-order chi connectivity index (χ0) is 28.4. The average Bonchev–Trinajstić information content (AvgIpc) is 3.62. The highest BCUT2D eigenvalue weighted by Crippen LogP contribution is 2.49. The Bertz CT molecular complexity index is 1380. The van der Waals surface area contributed by atoms with Gasteiger partial charge in [0.1, 0.15) is 29.2 Å². The quantitative estimate of drug-likeness (QED) is 0.309. The van der Waals surface area contributed by atoms with E-state index in [1.165, 1.54) is 6.07 Å². The van der Waals surface area contributed by atoms with Crippen LogP contribution >= 0.6 is 0 Å². The van der Waals surface area contributed by atoms with Crippen LogP contribution in [0.5, 0.6) is 17.2 Å². The van der Waals surface area contributed by atoms with E-state index < -0.39 is 11.7 Å². The molecule has 2 N–H and O–H groups in total. The summed E-state index contributed by atoms with van der Waals surface area (Å²) in [5, 5.41) is 12.5. The molecule has 5 rings (SSSR count). The van der Waals surface area contributed by atoms with Crippen molar-refractivity contribution in [3.8, 4) is 17.2 Å². The second kappa shape index (κ2) is 11.3. The molecule has 0 aliphatic heterocycles. The van der Waals surface area contributed by atoms with Crippen molar-refractivity contribution in [3.05, 3.63) is 88.7 Å². The van der Waals surface area contributed by atoms with Crippen LogP contribution in [-0.2, 0) is 16.0 Å². The fourth-order valence-corrected chi connectivity index (χ4v) is 5.09. The molecule has 2 aliphatic carbocycles. The molecule has 0 heterocycles. The molecule has 0 aromatic heterocycles. The highest BCUT2D eigenvalue weighted by Gasteiger charge is 2.45. The Balaban J connectivity index is 1.23. The first-order chi connectivity index (χ1) is 19.1. The van der Waals surface area contributed by atoms with E-state index in [1.54, 1.807) is 44.2 Å². The fraction of sp³-hybridized carbons (Fsp3) is 0.375. The summed E-state index contributed by atoms with van der Waals surface area (Å²) in [5.41, 5.74) is 1.77. The topological polar surface area (TPSA) is 94.1 Å². The molecule has 40 heavy (non-hydrogen) atoms. The van der Waals surface area contributed by atoms with Gasteiger partial charge in [0.2, 0.25) is 0 Å². The van der Waals surface area contributed by atoms with E-state index >= 15 is 0 Å². The lowest BCUT2D eigenvalue weighted by atomic mass is 10.1. The maximum Gasteiger partial charge on any atom is 0.309 e. The SMILES string of the molecule is CCOC(=O)[C@H]1C[C@@H]1c1ccc(O[C@@H]2CCc3c(Oc4ccc(C(=O)NCC(C)(C)O)cc4)ccc(F)c32)cc1. The molecule has 1 saturated carbocycles. The van der Waals surface area contributed by atoms with Crippen molar-refractivity contribution >= 4 is 11.9 Å². The monoisotopic (exact) mass is 547 g/mol. The molecule has 0 bridgehead atoms. The number of rotatable bonds is 10. The summed E-state index contributed by atoms with van der Waals surface area (Å²) in [4.78, 5) is 24.3. The van der Waals surface area contributed by atoms with Gasteiger partial charge in [-0.15, -0.1) is 0 Å². The van der Waals surface area contributed by atoms with Crippen LogP contribution in [0, 0.1) is 11.7 Å². The minimum absolute atomic E-state index is 0.0759. The van der Waals surface area contributed by atoms with Gasteiger partial charge in [0.25, 0.3) is 5.91 Å². The number of aliphatic hydroxyl groups is 1. The molecular formula is C32H34FNO6. The summed E-state index contributed by atoms with van der Waals surface area (Å²) in [7, 11) is 0. The van der Waals surface area contributed by atoms with E-state index in [1.807, 2.05) is 31.2 Å². The van der Waals surface area contributed by atoms with Gasteiger partial charge < -0.3 is 24.6 Å². The largest absolute Gasteiger partial charge is 0.486 e. The highest BCUT2D eigenvalue weighted by atomic mass is 19.1. The van der Waals surface area contributed by atoms with Gasteiger partial charge in [-0.25, -0.2) is 4.39 Å². The molecule has 210 valence electrons. The van der Waals surface area contributed by atoms with Crippen molar-refractivity contribution in [3.63, 3.8) is 0 Å². The summed E-state index contributed by atoms with van der Waals surface area (Å²) >= 11 is 0. The maximum absolute atomic E-state index is 15.0. The Labute approximate surface area is 233 Å². The Hall–Kier alpha value is -3.91. The summed E-state index contributed by atoms with van der Waals surface area (Å²) in [5.74, 6) is 1.04. The van der Waals surface area contributed by atoms with Crippen molar-refractivity contribution in [1.82, 2.24) is 5.32 Å². The number of hydrogen-bond donors (Lipinski definition) is 2. The Kier molecular flexibility index (Phi) is 7.81. The number of carbonyl (C=O) groups excluding carboxylic acids is 2. The predicted octanol–water partition coefficient (Wildman–Crippen LogP) is 5.85. The van der Waals surface area contributed by atoms with Crippen LogP contribution in [0.3, 0.4) is 0 Å². The van der Waals surface area contributed by atoms with Gasteiger partial charge in [0.15, 0.2) is 0 Å². The third-order valence-electron chi connectivity index (χ3n) is 7.23. The average molecular weight is 548 g/mol. The van der Waals surface area contributed by atoms with Gasteiger partial charge in [0, 0.05) is 23.2 Å². The van der Waals surface area contributed by atoms with Crippen molar-refractivity contribution in [2.45, 2.75) is 57.7 Å². The molecule has 3 atom stereocenters. The second-order valence-corrected chi connectivity index (χ2v) is 11.0. The first-order valence-electron chi connectivity index (χ1n) is 13.7. The van der Waals surface area contributed by atoms with E-state index in [9.17, 15) is 19.1 Å². The lowest BCUT2D eigenvalue weighted by molar-refractivity contribution is -0.144. The Morgan fingerprint density at radius 3 is 2.40 bits per heavy atom. The van der Waals surface area contributed by atoms with E-state index in [4.69, 9.17) is 14.2 Å². The lowest BCUT2D eigenvalue weighted by Gasteiger charge is -2.18. The molecule has 0 unspecified atom stereocenters. The number of halogens is 1. The van der Waals surface area contributed by atoms with Crippen molar-refractivity contribution < 1.29 is 33.3 Å². The Morgan fingerprint density at radius 2 is 1.73 bits per heavy atom. The van der Waals surface area contributed by atoms with Crippen LogP contribution in [0.2, 0.25) is 0 Å². The smallest absolute Gasteiger partial charge is 0.309 e. The second-order valence-electron chi connectivity index (χ2n) is 11.0. The summed E-state index contributed by atoms with van der Waals surface area (Å²) in [6, 6.07) is 17.3. The Morgan fingerprint density at radius 1 is 1.02 bits per heavy atom. The highest BCUT2D eigenvalue weighted by molar-refractivity contribution is 5.94. The van der Waals surface area contributed by atoms with Gasteiger partial charge in [0.05, 0.1) is 18.1 Å². The van der Waals surface area contributed by atoms with Crippen molar-refractivity contribution in [2.24, 2.45) is 5.92 Å². The third-order valence-corrected chi connectivity index (χ3v) is 7.23. The van der Waals surface area contributed by atoms with E-state index in [0.717, 1.165) is 17.5 Å². The van der Waals surface area contributed by atoms with Gasteiger partial charge in [-0.05, 0) is 100 Å². The molecule has 3 aromatic rings. The molecule has 1 fully saturated rings. The molecule has 1 amide bonds. The number of benzene rings is 3. The molecule has 8 heteroatoms. The molecule has 2 aliphatic rings. The van der Waals surface area contributed by atoms with Crippen molar-refractivity contribution in [1.29, 1.82) is 0 Å². The number of fused-ring (bicyclic) bond motifs is 1. The van der Waals surface area contributed by atoms with E-state index in [-0.39, 0.29) is 36.1 Å². The van der Waals surface area contributed by atoms with Gasteiger partial charge in [-0.3, -0.25) is 9.59 Å². The molecule has 0 spiro atoms.